The van der Waals surface area contributed by atoms with Crippen molar-refractivity contribution in [3.05, 3.63) is 28.7 Å². The average molecular weight is 250 g/mol. The van der Waals surface area contributed by atoms with Gasteiger partial charge >= 0.3 is 5.76 Å². The zero-order valence-electron chi connectivity index (χ0n) is 10.7. The molecule has 0 aliphatic heterocycles. The van der Waals surface area contributed by atoms with Gasteiger partial charge in [-0.25, -0.2) is 4.79 Å². The molecule has 0 aliphatic carbocycles. The first-order chi connectivity index (χ1) is 8.58. The average Bonchev–Trinajstić information content (AvgIpc) is 2.60. The van der Waals surface area contributed by atoms with Crippen molar-refractivity contribution in [2.75, 3.05) is 18.9 Å². The van der Waals surface area contributed by atoms with E-state index in [1.54, 1.807) is 22.8 Å². The molecule has 18 heavy (non-hydrogen) atoms. The maximum absolute atomic E-state index is 11.7. The van der Waals surface area contributed by atoms with Gasteiger partial charge in [-0.1, -0.05) is 13.8 Å². The molecule has 1 aromatic heterocycles. The first-order valence-electron chi connectivity index (χ1n) is 6.04. The number of rotatable bonds is 5. The lowest BCUT2D eigenvalue weighted by molar-refractivity contribution is 0.102. The normalized spacial score (nSPS) is 11.5. The van der Waals surface area contributed by atoms with E-state index in [2.05, 4.69) is 13.8 Å². The monoisotopic (exact) mass is 250 g/mol. The Morgan fingerprint density at radius 1 is 1.44 bits per heavy atom. The summed E-state index contributed by atoms with van der Waals surface area (Å²) < 4.78 is 12.1. The molecule has 2 N–H and O–H groups in total. The molecule has 0 saturated heterocycles. The summed E-state index contributed by atoms with van der Waals surface area (Å²) in [5, 5.41) is 0. The highest BCUT2D eigenvalue weighted by Gasteiger charge is 2.09. The van der Waals surface area contributed by atoms with Crippen LogP contribution in [0.5, 0.6) is 0 Å². The van der Waals surface area contributed by atoms with E-state index in [0.717, 1.165) is 0 Å². The summed E-state index contributed by atoms with van der Waals surface area (Å²) in [4.78, 5) is 11.7. The molecule has 0 amide bonds. The number of hydrogen-bond donors (Lipinski definition) is 1. The molecule has 0 bridgehead atoms. The lowest BCUT2D eigenvalue weighted by atomic mass is 10.2. The lowest BCUT2D eigenvalue weighted by Gasteiger charge is -2.07. The topological polar surface area (TPSA) is 70.4 Å². The Balaban J connectivity index is 2.14. The molecule has 0 atom stereocenters. The smallest absolute Gasteiger partial charge is 0.408 e. The van der Waals surface area contributed by atoms with Gasteiger partial charge in [-0.15, -0.1) is 0 Å². The molecule has 98 valence electrons. The van der Waals surface area contributed by atoms with Crippen LogP contribution < -0.4 is 11.5 Å². The molecule has 0 fully saturated rings. The quantitative estimate of drug-likeness (QED) is 0.649. The van der Waals surface area contributed by atoms with Gasteiger partial charge in [-0.3, -0.25) is 4.57 Å². The fraction of sp³-hybridized carbons (Fsp3) is 0.462. The van der Waals surface area contributed by atoms with Crippen LogP contribution in [0.1, 0.15) is 13.8 Å². The number of nitrogens with two attached hydrogens (primary N) is 1. The standard InChI is InChI=1S/C13H18N2O3/c1-9(2)8-17-6-5-15-11-7-10(14)3-4-12(11)18-13(15)16/h3-4,7,9H,5-6,8,14H2,1-2H3. The molecule has 2 rings (SSSR count). The van der Waals surface area contributed by atoms with Gasteiger partial charge in [-0.2, -0.15) is 0 Å². The Labute approximate surface area is 105 Å². The fourth-order valence-corrected chi connectivity index (χ4v) is 1.77. The van der Waals surface area contributed by atoms with Crippen molar-refractivity contribution in [1.29, 1.82) is 0 Å². The summed E-state index contributed by atoms with van der Waals surface area (Å²) in [5.74, 6) is 0.113. The van der Waals surface area contributed by atoms with Crippen LogP contribution in [0.2, 0.25) is 0 Å². The van der Waals surface area contributed by atoms with Crippen LogP contribution in [0.25, 0.3) is 11.1 Å². The van der Waals surface area contributed by atoms with Gasteiger partial charge in [0.1, 0.15) is 0 Å². The first-order valence-corrected chi connectivity index (χ1v) is 6.04. The molecule has 1 aromatic carbocycles. The van der Waals surface area contributed by atoms with Gasteiger partial charge in [0.15, 0.2) is 5.58 Å². The first kappa shape index (κ1) is 12.7. The molecular weight excluding hydrogens is 232 g/mol. The van der Waals surface area contributed by atoms with Crippen LogP contribution in [0.4, 0.5) is 5.69 Å². The second-order valence-electron chi connectivity index (χ2n) is 4.72. The van der Waals surface area contributed by atoms with Crippen molar-refractivity contribution in [3.63, 3.8) is 0 Å². The van der Waals surface area contributed by atoms with Crippen LogP contribution >= 0.6 is 0 Å². The predicted molar refractivity (Wildman–Crippen MR) is 70.5 cm³/mol. The summed E-state index contributed by atoms with van der Waals surface area (Å²) in [6, 6.07) is 5.16. The number of hydrogen-bond acceptors (Lipinski definition) is 4. The molecule has 1 heterocycles. The van der Waals surface area contributed by atoms with E-state index >= 15 is 0 Å². The van der Waals surface area contributed by atoms with Gasteiger partial charge in [0.2, 0.25) is 0 Å². The highest BCUT2D eigenvalue weighted by atomic mass is 16.5. The number of oxazole rings is 1. The third-order valence-electron chi connectivity index (χ3n) is 2.60. The van der Waals surface area contributed by atoms with Gasteiger partial charge in [0.05, 0.1) is 18.7 Å². The molecule has 0 spiro atoms. The van der Waals surface area contributed by atoms with Crippen LogP contribution in [0, 0.1) is 5.92 Å². The number of aromatic nitrogens is 1. The molecular formula is C13H18N2O3. The third-order valence-corrected chi connectivity index (χ3v) is 2.60. The van der Waals surface area contributed by atoms with E-state index in [9.17, 15) is 4.79 Å². The van der Waals surface area contributed by atoms with Crippen LogP contribution in [0.15, 0.2) is 27.4 Å². The Hall–Kier alpha value is -1.75. The molecule has 0 saturated carbocycles. The Morgan fingerprint density at radius 2 is 2.22 bits per heavy atom. The summed E-state index contributed by atoms with van der Waals surface area (Å²) in [5.41, 5.74) is 7.59. The zero-order valence-corrected chi connectivity index (χ0v) is 10.7. The predicted octanol–water partition coefficient (Wildman–Crippen LogP) is 1.85. The molecule has 5 heteroatoms. The number of ether oxygens (including phenoxy) is 1. The van der Waals surface area contributed by atoms with Crippen molar-refractivity contribution >= 4 is 16.8 Å². The number of anilines is 1. The minimum Gasteiger partial charge on any atom is -0.408 e. The van der Waals surface area contributed by atoms with E-state index in [-0.39, 0.29) is 5.76 Å². The second-order valence-corrected chi connectivity index (χ2v) is 4.72. The molecule has 0 aliphatic rings. The van der Waals surface area contributed by atoms with Crippen LogP contribution in [-0.4, -0.2) is 17.8 Å². The molecule has 2 aromatic rings. The van der Waals surface area contributed by atoms with Crippen LogP contribution in [-0.2, 0) is 11.3 Å². The SMILES string of the molecule is CC(C)COCCn1c(=O)oc2ccc(N)cc21. The second kappa shape index (κ2) is 5.27. The minimum atomic E-state index is -0.372. The van der Waals surface area contributed by atoms with Crippen molar-refractivity contribution in [2.45, 2.75) is 20.4 Å². The Morgan fingerprint density at radius 3 is 2.94 bits per heavy atom. The van der Waals surface area contributed by atoms with Gasteiger partial charge in [-0.05, 0) is 24.1 Å². The molecule has 0 unspecified atom stereocenters. The minimum absolute atomic E-state index is 0.372. The maximum Gasteiger partial charge on any atom is 0.420 e. The summed E-state index contributed by atoms with van der Waals surface area (Å²) in [6.07, 6.45) is 0. The molecule has 0 radical (unpaired) electrons. The van der Waals surface area contributed by atoms with Crippen molar-refractivity contribution < 1.29 is 9.15 Å². The fourth-order valence-electron chi connectivity index (χ4n) is 1.77. The zero-order chi connectivity index (χ0) is 13.1. The number of nitrogen functional groups attached to an aromatic ring is 1. The van der Waals surface area contributed by atoms with Gasteiger partial charge < -0.3 is 14.9 Å². The summed E-state index contributed by atoms with van der Waals surface area (Å²) in [6.45, 7) is 5.82. The van der Waals surface area contributed by atoms with Crippen molar-refractivity contribution in [2.24, 2.45) is 5.92 Å². The molecule has 5 nitrogen and oxygen atoms in total. The lowest BCUT2D eigenvalue weighted by Crippen LogP contribution is -2.18. The van der Waals surface area contributed by atoms with E-state index in [1.165, 1.54) is 0 Å². The van der Waals surface area contributed by atoms with Gasteiger partial charge in [0.25, 0.3) is 0 Å². The highest BCUT2D eigenvalue weighted by Crippen LogP contribution is 2.16. The number of benzene rings is 1. The largest absolute Gasteiger partial charge is 0.420 e. The van der Waals surface area contributed by atoms with E-state index in [1.807, 2.05) is 0 Å². The van der Waals surface area contributed by atoms with E-state index in [0.29, 0.717) is 42.5 Å². The van der Waals surface area contributed by atoms with Gasteiger partial charge in [0, 0.05) is 12.3 Å². The highest BCUT2D eigenvalue weighted by molar-refractivity contribution is 5.76. The Bertz CT molecular complexity index is 583. The van der Waals surface area contributed by atoms with Crippen molar-refractivity contribution in [3.8, 4) is 0 Å². The Kier molecular flexibility index (Phi) is 3.72. The number of fused-ring (bicyclic) bond motifs is 1. The summed E-state index contributed by atoms with van der Waals surface area (Å²) >= 11 is 0. The van der Waals surface area contributed by atoms with Crippen LogP contribution in [0.3, 0.4) is 0 Å². The summed E-state index contributed by atoms with van der Waals surface area (Å²) in [7, 11) is 0. The number of nitrogens with zero attached hydrogens (tertiary/aromatic N) is 1. The van der Waals surface area contributed by atoms with E-state index < -0.39 is 0 Å². The van der Waals surface area contributed by atoms with E-state index in [4.69, 9.17) is 14.9 Å². The van der Waals surface area contributed by atoms with Crippen molar-refractivity contribution in [1.82, 2.24) is 4.57 Å². The third kappa shape index (κ3) is 2.73. The maximum atomic E-state index is 11.7.